The maximum atomic E-state index is 14.3. The van der Waals surface area contributed by atoms with E-state index in [1.807, 2.05) is 86.5 Å². The summed E-state index contributed by atoms with van der Waals surface area (Å²) in [5.74, 6) is 3.81. The highest BCUT2D eigenvalue weighted by molar-refractivity contribution is 5.80. The summed E-state index contributed by atoms with van der Waals surface area (Å²) in [4.78, 5) is 131. The number of ether oxygens (including phenoxy) is 1. The Morgan fingerprint density at radius 2 is 0.658 bits per heavy atom. The van der Waals surface area contributed by atoms with Crippen LogP contribution in [0.4, 0.5) is 0 Å². The van der Waals surface area contributed by atoms with E-state index in [4.69, 9.17) is 14.7 Å². The predicted octanol–water partition coefficient (Wildman–Crippen LogP) is 15.0. The molecule has 2 N–H and O–H groups in total. The molecular formula is C95H114N12O10. The zero-order valence-electron chi connectivity index (χ0n) is 67.8. The van der Waals surface area contributed by atoms with Gasteiger partial charge in [-0.05, 0) is 243 Å². The van der Waals surface area contributed by atoms with Gasteiger partial charge in [-0.15, -0.1) is 0 Å². The number of aromatic nitrogens is 9. The van der Waals surface area contributed by atoms with Gasteiger partial charge in [0.15, 0.2) is 0 Å². The van der Waals surface area contributed by atoms with E-state index in [0.29, 0.717) is 64.9 Å². The van der Waals surface area contributed by atoms with Crippen molar-refractivity contribution in [3.05, 3.63) is 190 Å². The van der Waals surface area contributed by atoms with Crippen LogP contribution in [-0.4, -0.2) is 136 Å². The molecule has 3 aromatic carbocycles. The molecule has 0 radical (unpaired) electrons. The number of pyridine rings is 3. The molecule has 6 saturated carbocycles. The van der Waals surface area contributed by atoms with Crippen LogP contribution in [-0.2, 0) is 27.4 Å². The van der Waals surface area contributed by atoms with Crippen LogP contribution in [0.5, 0.6) is 0 Å². The Morgan fingerprint density at radius 1 is 0.350 bits per heavy atom. The summed E-state index contributed by atoms with van der Waals surface area (Å²) in [6, 6.07) is 38.8. The van der Waals surface area contributed by atoms with Crippen LogP contribution < -0.4 is 33.4 Å². The second-order valence-corrected chi connectivity index (χ2v) is 37.5. The molecule has 0 amide bonds. The molecule has 12 heterocycles. The number of piperidine rings is 6. The summed E-state index contributed by atoms with van der Waals surface area (Å²) in [5, 5.41) is 9.26. The molecule has 0 spiro atoms. The van der Waals surface area contributed by atoms with Crippen molar-refractivity contribution in [3.8, 4) is 33.8 Å². The molecule has 12 bridgehead atoms. The van der Waals surface area contributed by atoms with Gasteiger partial charge < -0.3 is 37.7 Å². The van der Waals surface area contributed by atoms with Gasteiger partial charge >= 0.3 is 11.9 Å². The minimum atomic E-state index is -1.11. The third-order valence-electron chi connectivity index (χ3n) is 30.5. The van der Waals surface area contributed by atoms with Crippen molar-refractivity contribution in [2.75, 3.05) is 7.11 Å². The SMILES string of the molecule is COC(=O)Cn1cccc(-c2nc3ccccc3n(C3C[C@H]4CCC[C@@H](C3)N4C3C[C@H]4CCC[C@@H](C3)C4)c2=O)c1=O.O=C(O)Cn1cccc(-c2nc3ccccc3n(C3C[C@H]4CCC[C@@H](C3)N4C3C[C@H]4CCC[C@@H](C3)C4)c2=O)c1=O.O=c1[nH]cccc1-c1nc2ccccc2n(C2C[C@H]3CCC[C@@H](C2)N3C2C[C@H]3CCC[C@@H](C2)C3)c1=O. The number of aliphatic carboxylic acids is 1. The Kier molecular flexibility index (Phi) is 22.0. The van der Waals surface area contributed by atoms with Gasteiger partial charge in [-0.25, -0.2) is 15.0 Å². The third-order valence-corrected chi connectivity index (χ3v) is 30.5. The molecule has 22 heteroatoms. The van der Waals surface area contributed by atoms with Crippen molar-refractivity contribution in [1.29, 1.82) is 0 Å². The van der Waals surface area contributed by atoms with E-state index in [2.05, 4.69) is 24.7 Å². The molecule has 6 saturated heterocycles. The highest BCUT2D eigenvalue weighted by Gasteiger charge is 2.50. The first-order chi connectivity index (χ1) is 57.1. The summed E-state index contributed by atoms with van der Waals surface area (Å²) in [6.07, 6.45) is 46.6. The number of rotatable bonds is 13. The average Bonchev–Trinajstić information content (AvgIpc) is 0.750. The lowest BCUT2D eigenvalue weighted by atomic mass is 9.68. The summed E-state index contributed by atoms with van der Waals surface area (Å²) >= 11 is 0. The summed E-state index contributed by atoms with van der Waals surface area (Å²) in [5.41, 5.74) is 4.14. The zero-order chi connectivity index (χ0) is 79.7. The lowest BCUT2D eigenvalue weighted by Gasteiger charge is -2.55. The van der Waals surface area contributed by atoms with Gasteiger partial charge in [0, 0.05) is 91.1 Å². The second-order valence-electron chi connectivity index (χ2n) is 37.5. The maximum Gasteiger partial charge on any atom is 0.325 e. The first-order valence-corrected chi connectivity index (χ1v) is 44.8. The number of H-pyrrole nitrogens is 1. The molecule has 12 aliphatic rings. The number of carbonyl (C=O) groups is 2. The van der Waals surface area contributed by atoms with Crippen molar-refractivity contribution in [2.24, 2.45) is 35.5 Å². The Morgan fingerprint density at radius 3 is 0.983 bits per heavy atom. The number of aromatic amines is 1. The van der Waals surface area contributed by atoms with Gasteiger partial charge in [-0.2, -0.15) is 0 Å². The molecule has 18 atom stereocenters. The molecule has 6 unspecified atom stereocenters. The van der Waals surface area contributed by atoms with Crippen LogP contribution in [0.15, 0.2) is 157 Å². The number of carboxylic acids is 1. The Labute approximate surface area is 682 Å². The normalized spacial score (nSPS) is 30.8. The van der Waals surface area contributed by atoms with E-state index >= 15 is 0 Å². The molecule has 614 valence electrons. The quantitative estimate of drug-likeness (QED) is 0.102. The van der Waals surface area contributed by atoms with Gasteiger partial charge in [-0.1, -0.05) is 113 Å². The number of carboxylic acid groups (broad SMARTS) is 1. The number of benzene rings is 3. The van der Waals surface area contributed by atoms with Gasteiger partial charge in [0.1, 0.15) is 30.2 Å². The van der Waals surface area contributed by atoms with Crippen molar-refractivity contribution in [3.63, 3.8) is 0 Å². The molecule has 12 fully saturated rings. The average molecular weight is 1580 g/mol. The molecule has 117 heavy (non-hydrogen) atoms. The van der Waals surface area contributed by atoms with Crippen molar-refractivity contribution in [1.82, 2.24) is 57.5 Å². The van der Waals surface area contributed by atoms with Crippen LogP contribution >= 0.6 is 0 Å². The minimum Gasteiger partial charge on any atom is -0.480 e. The monoisotopic (exact) mass is 1580 g/mol. The first-order valence-electron chi connectivity index (χ1n) is 44.8. The molecule has 21 rings (SSSR count). The fourth-order valence-corrected chi connectivity index (χ4v) is 26.1. The number of esters is 1. The molecule has 6 aliphatic heterocycles. The number of nitrogens with zero attached hydrogens (tertiary/aromatic N) is 11. The van der Waals surface area contributed by atoms with E-state index in [1.165, 1.54) is 191 Å². The Bertz CT molecular complexity index is 5530. The van der Waals surface area contributed by atoms with Crippen molar-refractivity contribution in [2.45, 2.75) is 297 Å². The van der Waals surface area contributed by atoms with E-state index in [1.54, 1.807) is 48.8 Å². The van der Waals surface area contributed by atoms with Gasteiger partial charge in [0.25, 0.3) is 33.4 Å². The largest absolute Gasteiger partial charge is 0.480 e. The smallest absolute Gasteiger partial charge is 0.325 e. The third kappa shape index (κ3) is 15.3. The van der Waals surface area contributed by atoms with Crippen molar-refractivity contribution < 1.29 is 19.4 Å². The number of para-hydroxylation sites is 6. The minimum absolute atomic E-state index is 0.0405. The number of carbonyl (C=O) groups excluding carboxylic acids is 1. The topological polar surface area (TPSA) is 255 Å². The van der Waals surface area contributed by atoms with Crippen molar-refractivity contribution >= 4 is 45.0 Å². The highest BCUT2D eigenvalue weighted by Crippen LogP contribution is 2.52. The lowest BCUT2D eigenvalue weighted by Crippen LogP contribution is -2.58. The summed E-state index contributed by atoms with van der Waals surface area (Å²) in [6.45, 7) is -0.672. The second kappa shape index (κ2) is 33.2. The molecule has 6 aromatic heterocycles. The first kappa shape index (κ1) is 77.6. The van der Waals surface area contributed by atoms with Gasteiger partial charge in [0.2, 0.25) is 0 Å². The maximum absolute atomic E-state index is 14.3. The number of hydrogen-bond donors (Lipinski definition) is 2. The predicted molar refractivity (Wildman–Crippen MR) is 453 cm³/mol. The summed E-state index contributed by atoms with van der Waals surface area (Å²) < 4.78 is 13.0. The van der Waals surface area contributed by atoms with E-state index in [0.717, 1.165) is 107 Å². The Hall–Kier alpha value is -9.25. The standard InChI is InChI=1S/C33H40N4O4.C32H38N4O4.C30H36N4O2/c1-41-30(38)20-35-14-6-11-27(32(35)39)31-33(40)37(29-13-3-2-12-28(29)34-31)26-18-23-9-5-10-24(19-26)36(23)25-16-21-7-4-8-22(15-21)17-25;37-29(38)19-34-13-5-10-26(31(34)39)30-32(40)36(28-12-2-1-11-27(28)33-30)25-17-22-8-4-9-23(18-25)35(22)24-15-20-6-3-7-21(14-20)16-24;35-29-25(10-5-13-31-29)28-30(36)34(27-12-2-1-11-26(27)32-28)24-17-21-8-4-9-22(18-24)33(21)23-15-19-6-3-7-20(14-19)16-23/h2-3,6,11-14,21-26H,4-5,7-10,15-20H2,1H3;1-2,5,10-13,20-25H,3-4,6-9,14-19H2,(H,37,38);1-2,5,10-13,19-24H,3-4,6-9,14-18H2,(H,31,35)/t21-,22+,23-,24+,25?,26?;20-,21+,22-,23+,24?,25?;19-,20+,21-,22+,23?,24?. The summed E-state index contributed by atoms with van der Waals surface area (Å²) in [7, 11) is 1.29. The van der Waals surface area contributed by atoms with Crippen LogP contribution in [0.3, 0.4) is 0 Å². The number of fused-ring (bicyclic) bond motifs is 15. The highest BCUT2D eigenvalue weighted by atomic mass is 16.5. The van der Waals surface area contributed by atoms with Crippen LogP contribution in [0.25, 0.3) is 66.9 Å². The van der Waals surface area contributed by atoms with Gasteiger partial charge in [-0.3, -0.25) is 53.1 Å². The van der Waals surface area contributed by atoms with Crippen LogP contribution in [0.2, 0.25) is 0 Å². The zero-order valence-corrected chi connectivity index (χ0v) is 67.8. The van der Waals surface area contributed by atoms with Crippen LogP contribution in [0, 0.1) is 35.5 Å². The molecule has 22 nitrogen and oxygen atoms in total. The molecular weight excluding hydrogens is 1470 g/mol. The number of nitrogens with one attached hydrogen (secondary N) is 1. The lowest BCUT2D eigenvalue weighted by molar-refractivity contribution is -0.141. The van der Waals surface area contributed by atoms with E-state index < -0.39 is 29.6 Å². The fourth-order valence-electron chi connectivity index (χ4n) is 26.1. The fraction of sp³-hybridized carbons (Fsp3) is 0.568. The van der Waals surface area contributed by atoms with E-state index in [-0.39, 0.29) is 75.1 Å². The molecule has 6 aliphatic carbocycles. The number of methoxy groups -OCH3 is 1. The van der Waals surface area contributed by atoms with Crippen LogP contribution in [0.1, 0.15) is 230 Å². The Balaban J connectivity index is 0.000000117. The molecule has 9 aromatic rings. The van der Waals surface area contributed by atoms with E-state index in [9.17, 15) is 43.5 Å². The van der Waals surface area contributed by atoms with Gasteiger partial charge in [0.05, 0.1) is 56.9 Å². The number of hydrogen-bond acceptors (Lipinski definition) is 15.